The van der Waals surface area contributed by atoms with Crippen molar-refractivity contribution in [2.24, 2.45) is 11.3 Å². The number of carbonyl (C=O) groups excluding carboxylic acids is 2. The first kappa shape index (κ1) is 23.0. The van der Waals surface area contributed by atoms with E-state index in [0.717, 1.165) is 38.5 Å². The molecule has 0 bridgehead atoms. The van der Waals surface area contributed by atoms with Crippen LogP contribution in [0.1, 0.15) is 74.6 Å². The van der Waals surface area contributed by atoms with E-state index >= 15 is 0 Å². The highest BCUT2D eigenvalue weighted by atomic mass is 19.3. The third-order valence-corrected chi connectivity index (χ3v) is 7.40. The van der Waals surface area contributed by atoms with Crippen LogP contribution in [-0.4, -0.2) is 48.9 Å². The van der Waals surface area contributed by atoms with Crippen LogP contribution in [0.25, 0.3) is 0 Å². The van der Waals surface area contributed by atoms with E-state index in [1.807, 2.05) is 23.1 Å². The number of likely N-dealkylation sites (tertiary alicyclic amines) is 1. The fourth-order valence-corrected chi connectivity index (χ4v) is 5.48. The summed E-state index contributed by atoms with van der Waals surface area (Å²) in [6, 6.07) is 7.30. The van der Waals surface area contributed by atoms with Crippen LogP contribution < -0.4 is 10.1 Å². The van der Waals surface area contributed by atoms with Crippen molar-refractivity contribution in [2.45, 2.75) is 70.1 Å². The molecule has 2 fully saturated rings. The average Bonchev–Trinajstić information content (AvgIpc) is 2.79. The summed E-state index contributed by atoms with van der Waals surface area (Å²) < 4.78 is 32.9. The molecule has 1 atom stereocenters. The van der Waals surface area contributed by atoms with Crippen molar-refractivity contribution in [1.82, 2.24) is 10.2 Å². The molecule has 7 heteroatoms. The van der Waals surface area contributed by atoms with Gasteiger partial charge >= 0.3 is 0 Å². The van der Waals surface area contributed by atoms with Gasteiger partial charge in [-0.05, 0) is 50.7 Å². The van der Waals surface area contributed by atoms with E-state index in [2.05, 4.69) is 5.32 Å². The highest BCUT2D eigenvalue weighted by Crippen LogP contribution is 2.40. The van der Waals surface area contributed by atoms with Crippen molar-refractivity contribution in [1.29, 1.82) is 0 Å². The van der Waals surface area contributed by atoms with Crippen LogP contribution in [0.15, 0.2) is 24.3 Å². The number of ether oxygens (including phenoxy) is 1. The van der Waals surface area contributed by atoms with Crippen LogP contribution in [-0.2, 0) is 4.79 Å². The van der Waals surface area contributed by atoms with Gasteiger partial charge in [0.25, 0.3) is 5.91 Å². The van der Waals surface area contributed by atoms with Gasteiger partial charge in [0.15, 0.2) is 0 Å². The molecule has 1 saturated carbocycles. The average molecular weight is 449 g/mol. The quantitative estimate of drug-likeness (QED) is 0.671. The number of alkyl halides is 2. The molecule has 2 heterocycles. The van der Waals surface area contributed by atoms with Crippen LogP contribution >= 0.6 is 0 Å². The predicted octanol–water partition coefficient (Wildman–Crippen LogP) is 4.80. The summed E-state index contributed by atoms with van der Waals surface area (Å²) in [5, 5.41) is 3.11. The number of nitrogens with one attached hydrogen (secondary N) is 1. The highest BCUT2D eigenvalue weighted by Gasteiger charge is 2.42. The number of piperidine rings is 1. The third kappa shape index (κ3) is 5.41. The molecule has 1 aromatic carbocycles. The number of halogens is 2. The molecular weight excluding hydrogens is 414 g/mol. The number of hydrogen-bond acceptors (Lipinski definition) is 3. The Morgan fingerprint density at radius 2 is 1.78 bits per heavy atom. The van der Waals surface area contributed by atoms with Crippen LogP contribution in [0.2, 0.25) is 0 Å². The molecule has 1 spiro atoms. The Balaban J connectivity index is 1.46. The molecular formula is C25H34F2N2O3. The van der Waals surface area contributed by atoms with Crippen molar-refractivity contribution in [3.05, 3.63) is 29.8 Å². The van der Waals surface area contributed by atoms with Gasteiger partial charge in [0.2, 0.25) is 11.8 Å². The summed E-state index contributed by atoms with van der Waals surface area (Å²) in [6.07, 6.45) is 5.88. The first-order valence-electron chi connectivity index (χ1n) is 12.0. The van der Waals surface area contributed by atoms with Gasteiger partial charge in [-0.3, -0.25) is 9.59 Å². The number of nitrogens with zero attached hydrogens (tertiary/aromatic N) is 1. The summed E-state index contributed by atoms with van der Waals surface area (Å²) in [4.78, 5) is 28.0. The molecule has 1 N–H and O–H groups in total. The van der Waals surface area contributed by atoms with E-state index in [9.17, 15) is 18.4 Å². The Bertz CT molecular complexity index is 821. The zero-order chi connectivity index (χ0) is 22.6. The van der Waals surface area contributed by atoms with Gasteiger partial charge in [-0.1, -0.05) is 25.0 Å². The van der Waals surface area contributed by atoms with Gasteiger partial charge in [-0.15, -0.1) is 0 Å². The Hall–Kier alpha value is -2.18. The normalized spacial score (nSPS) is 27.4. The number of hydrogen-bond donors (Lipinski definition) is 1. The Kier molecular flexibility index (Phi) is 7.01. The van der Waals surface area contributed by atoms with Gasteiger partial charge in [-0.2, -0.15) is 0 Å². The fraction of sp³-hybridized carbons (Fsp3) is 0.680. The molecule has 2 amide bonds. The van der Waals surface area contributed by atoms with Crippen LogP contribution in [0.4, 0.5) is 8.78 Å². The zero-order valence-corrected chi connectivity index (χ0v) is 18.7. The largest absolute Gasteiger partial charge is 0.493 e. The second kappa shape index (κ2) is 9.75. The Morgan fingerprint density at radius 1 is 1.03 bits per heavy atom. The molecule has 3 aliphatic rings. The maximum atomic E-state index is 13.6. The topological polar surface area (TPSA) is 58.6 Å². The van der Waals surface area contributed by atoms with Crippen LogP contribution in [0, 0.1) is 11.3 Å². The van der Waals surface area contributed by atoms with Gasteiger partial charge in [0.05, 0.1) is 12.2 Å². The molecule has 0 radical (unpaired) electrons. The Morgan fingerprint density at radius 3 is 2.59 bits per heavy atom. The minimum absolute atomic E-state index is 0.0239. The molecule has 32 heavy (non-hydrogen) atoms. The van der Waals surface area contributed by atoms with Crippen molar-refractivity contribution in [3.8, 4) is 5.75 Å². The summed E-state index contributed by atoms with van der Waals surface area (Å²) in [7, 11) is 0. The van der Waals surface area contributed by atoms with Crippen molar-refractivity contribution in [3.63, 3.8) is 0 Å². The van der Waals surface area contributed by atoms with Crippen LogP contribution in [0.3, 0.4) is 0 Å². The third-order valence-electron chi connectivity index (χ3n) is 7.40. The molecule has 5 nitrogen and oxygen atoms in total. The SMILES string of the molecule is O=C1NCC2(CCCCCOc3ccccc31)CCCN(C(=O)C1CCC(F)(F)CC1)C2. The fourth-order valence-electron chi connectivity index (χ4n) is 5.48. The van der Waals surface area contributed by atoms with E-state index in [-0.39, 0.29) is 48.8 Å². The first-order chi connectivity index (χ1) is 15.4. The molecule has 1 saturated heterocycles. The molecule has 0 aromatic heterocycles. The molecule has 1 aliphatic carbocycles. The lowest BCUT2D eigenvalue weighted by molar-refractivity contribution is -0.143. The van der Waals surface area contributed by atoms with E-state index < -0.39 is 5.92 Å². The second-order valence-electron chi connectivity index (χ2n) is 9.83. The molecule has 176 valence electrons. The number of carbonyl (C=O) groups is 2. The number of rotatable bonds is 1. The highest BCUT2D eigenvalue weighted by molar-refractivity contribution is 5.96. The number of fused-ring (bicyclic) bond motifs is 1. The standard InChI is InChI=1S/C25H34F2N2O3/c26-25(27)13-9-19(10-14-25)23(31)29-15-6-12-24(18-29)11-4-1-5-16-32-21-8-3-2-7-20(21)22(30)28-17-24/h2-3,7-8,19H,1,4-6,9-18H2,(H,28,30). The first-order valence-corrected chi connectivity index (χ1v) is 12.0. The van der Waals surface area contributed by atoms with Gasteiger partial charge in [-0.25, -0.2) is 8.78 Å². The summed E-state index contributed by atoms with van der Waals surface area (Å²) >= 11 is 0. The number of amides is 2. The lowest BCUT2D eigenvalue weighted by Crippen LogP contribution is -2.52. The van der Waals surface area contributed by atoms with Gasteiger partial charge < -0.3 is 15.0 Å². The monoisotopic (exact) mass is 448 g/mol. The number of para-hydroxylation sites is 1. The molecule has 4 rings (SSSR count). The van der Waals surface area contributed by atoms with Crippen molar-refractivity contribution < 1.29 is 23.1 Å². The predicted molar refractivity (Wildman–Crippen MR) is 118 cm³/mol. The van der Waals surface area contributed by atoms with E-state index in [1.165, 1.54) is 0 Å². The van der Waals surface area contributed by atoms with Gasteiger partial charge in [0.1, 0.15) is 5.75 Å². The maximum Gasteiger partial charge on any atom is 0.255 e. The van der Waals surface area contributed by atoms with Gasteiger partial charge in [0, 0.05) is 43.8 Å². The summed E-state index contributed by atoms with van der Waals surface area (Å²) in [5.74, 6) is -2.45. The molecule has 1 unspecified atom stereocenters. The molecule has 2 aliphatic heterocycles. The summed E-state index contributed by atoms with van der Waals surface area (Å²) in [5.41, 5.74) is 0.368. The van der Waals surface area contributed by atoms with E-state index in [0.29, 0.717) is 37.6 Å². The van der Waals surface area contributed by atoms with E-state index in [1.54, 1.807) is 6.07 Å². The lowest BCUT2D eigenvalue weighted by Gasteiger charge is -2.45. The zero-order valence-electron chi connectivity index (χ0n) is 18.7. The smallest absolute Gasteiger partial charge is 0.255 e. The lowest BCUT2D eigenvalue weighted by atomic mass is 9.75. The Labute approximate surface area is 188 Å². The van der Waals surface area contributed by atoms with Crippen molar-refractivity contribution >= 4 is 11.8 Å². The second-order valence-corrected chi connectivity index (χ2v) is 9.83. The van der Waals surface area contributed by atoms with Crippen LogP contribution in [0.5, 0.6) is 5.75 Å². The van der Waals surface area contributed by atoms with Crippen molar-refractivity contribution in [2.75, 3.05) is 26.2 Å². The minimum atomic E-state index is -2.63. The summed E-state index contributed by atoms with van der Waals surface area (Å²) in [6.45, 7) is 2.36. The maximum absolute atomic E-state index is 13.6. The molecule has 1 aromatic rings. The number of benzene rings is 1. The van der Waals surface area contributed by atoms with E-state index in [4.69, 9.17) is 4.74 Å². The minimum Gasteiger partial charge on any atom is -0.493 e.